The summed E-state index contributed by atoms with van der Waals surface area (Å²) in [6.45, 7) is 13.9. The van der Waals surface area contributed by atoms with Gasteiger partial charge in [0.2, 0.25) is 0 Å². The minimum atomic E-state index is 0.0967. The Morgan fingerprint density at radius 1 is 0.368 bits per heavy atom. The summed E-state index contributed by atoms with van der Waals surface area (Å²) in [6.07, 6.45) is 0. The molecule has 0 nitrogen and oxygen atoms in total. The van der Waals surface area contributed by atoms with E-state index in [0.717, 1.165) is 0 Å². The van der Waals surface area contributed by atoms with Crippen LogP contribution in [0.5, 0.6) is 0 Å². The molecule has 0 bridgehead atoms. The van der Waals surface area contributed by atoms with Crippen molar-refractivity contribution in [2.75, 3.05) is 0 Å². The average molecular weight is 489 g/mol. The molecule has 0 radical (unpaired) electrons. The maximum absolute atomic E-state index is 2.48. The van der Waals surface area contributed by atoms with E-state index in [1.54, 1.807) is 0 Å². The van der Waals surface area contributed by atoms with Gasteiger partial charge in [0.1, 0.15) is 0 Å². The van der Waals surface area contributed by atoms with Gasteiger partial charge in [0.05, 0.1) is 0 Å². The van der Waals surface area contributed by atoms with Crippen LogP contribution < -0.4 is 0 Å². The van der Waals surface area contributed by atoms with Crippen LogP contribution in [0.2, 0.25) is 0 Å². The highest BCUT2D eigenvalue weighted by atomic mass is 14.3. The number of hydrogen-bond donors (Lipinski definition) is 0. The van der Waals surface area contributed by atoms with E-state index in [0.29, 0.717) is 0 Å². The summed E-state index contributed by atoms with van der Waals surface area (Å²) in [5.41, 5.74) is 2.98. The number of rotatable bonds is 0. The Balaban J connectivity index is 1.84. The van der Waals surface area contributed by atoms with Crippen LogP contribution in [-0.2, 0) is 10.8 Å². The van der Waals surface area contributed by atoms with Crippen LogP contribution in [0.3, 0.4) is 0 Å². The van der Waals surface area contributed by atoms with Crippen LogP contribution in [-0.4, -0.2) is 0 Å². The Hall–Kier alpha value is -3.90. The first-order valence-corrected chi connectivity index (χ1v) is 13.9. The Kier molecular flexibility index (Phi) is 4.04. The molecule has 184 valence electrons. The van der Waals surface area contributed by atoms with E-state index < -0.39 is 0 Å². The van der Waals surface area contributed by atoms with Crippen LogP contribution in [0.25, 0.3) is 32.3 Å². The zero-order valence-electron chi connectivity index (χ0n) is 23.1. The van der Waals surface area contributed by atoms with E-state index >= 15 is 0 Å². The standard InChI is InChI=1S/C38H32/c1-37(2,3)21-15-17-27-29(19-21)33-25-13-9-7-11-23(25)32-28-18-16-22(38(4,5)6)20-30(28)34-26-14-10-8-12-24(26)31(27)35(33)36(32)34/h7-20H,1-6H3. The minimum Gasteiger partial charge on any atom is -0.0616 e. The first-order valence-electron chi connectivity index (χ1n) is 13.9. The fourth-order valence-electron chi connectivity index (χ4n) is 7.12. The zero-order valence-corrected chi connectivity index (χ0v) is 23.1. The monoisotopic (exact) mass is 488 g/mol. The van der Waals surface area contributed by atoms with Gasteiger partial charge in [-0.05, 0) is 108 Å². The largest absolute Gasteiger partial charge is 0.0616 e. The van der Waals surface area contributed by atoms with Gasteiger partial charge >= 0.3 is 0 Å². The molecule has 0 N–H and O–H groups in total. The molecule has 2 aliphatic rings. The van der Waals surface area contributed by atoms with Gasteiger partial charge in [-0.25, -0.2) is 0 Å². The van der Waals surface area contributed by atoms with Crippen molar-refractivity contribution in [2.45, 2.75) is 52.4 Å². The molecule has 6 aromatic carbocycles. The minimum absolute atomic E-state index is 0.0967. The summed E-state index contributed by atoms with van der Waals surface area (Å²) in [5, 5.41) is 19.6. The van der Waals surface area contributed by atoms with E-state index in [2.05, 4.69) is 126 Å². The van der Waals surface area contributed by atoms with E-state index in [-0.39, 0.29) is 10.8 Å². The zero-order chi connectivity index (χ0) is 26.1. The predicted octanol–water partition coefficient (Wildman–Crippen LogP) is 9.52. The molecule has 38 heavy (non-hydrogen) atoms. The van der Waals surface area contributed by atoms with Gasteiger partial charge in [-0.3, -0.25) is 0 Å². The predicted molar refractivity (Wildman–Crippen MR) is 160 cm³/mol. The molecule has 0 unspecified atom stereocenters. The summed E-state index contributed by atoms with van der Waals surface area (Å²) in [7, 11) is 0. The number of hydrogen-bond acceptors (Lipinski definition) is 0. The normalized spacial score (nSPS) is 13.5. The lowest BCUT2D eigenvalue weighted by atomic mass is 9.86. The summed E-state index contributed by atoms with van der Waals surface area (Å²) in [6, 6.07) is 32.7. The molecular formula is C38H32. The highest BCUT2D eigenvalue weighted by Crippen LogP contribution is 2.40. The second kappa shape index (κ2) is 6.94. The SMILES string of the molecule is CC(C)(C)c1ccc2c(c1)=c1c3ccccc3c3c4c(c5ccccc5c=2c14)=c1cc(C(C)(C)C)ccc1=3. The van der Waals surface area contributed by atoms with Gasteiger partial charge in [0.25, 0.3) is 0 Å². The fourth-order valence-corrected chi connectivity index (χ4v) is 7.12. The van der Waals surface area contributed by atoms with Gasteiger partial charge in [-0.15, -0.1) is 0 Å². The van der Waals surface area contributed by atoms with Gasteiger partial charge in [0, 0.05) is 0 Å². The van der Waals surface area contributed by atoms with Crippen molar-refractivity contribution in [2.24, 2.45) is 0 Å². The lowest BCUT2D eigenvalue weighted by Crippen LogP contribution is -2.10. The summed E-state index contributed by atoms with van der Waals surface area (Å²) in [4.78, 5) is 0. The number of fused-ring (bicyclic) bond motifs is 8. The smallest absolute Gasteiger partial charge is 0.0000935 e. The molecule has 0 fully saturated rings. The molecule has 0 saturated heterocycles. The van der Waals surface area contributed by atoms with E-state index in [1.165, 1.54) is 85.2 Å². The molecule has 0 heterocycles. The quantitative estimate of drug-likeness (QED) is 0.186. The molecule has 8 rings (SSSR count). The Bertz CT molecular complexity index is 2270. The van der Waals surface area contributed by atoms with Crippen molar-refractivity contribution >= 4 is 32.3 Å². The van der Waals surface area contributed by atoms with Crippen molar-refractivity contribution in [3.05, 3.63) is 138 Å². The molecule has 0 spiro atoms. The third kappa shape index (κ3) is 2.66. The lowest BCUT2D eigenvalue weighted by Gasteiger charge is -2.18. The van der Waals surface area contributed by atoms with Crippen molar-refractivity contribution in [3.63, 3.8) is 0 Å². The topological polar surface area (TPSA) is 0 Å². The Morgan fingerprint density at radius 3 is 1.00 bits per heavy atom. The summed E-state index contributed by atoms with van der Waals surface area (Å²) >= 11 is 0. The molecule has 0 heteroatoms. The fraction of sp³-hybridized carbons (Fsp3) is 0.211. The molecule has 0 saturated carbocycles. The van der Waals surface area contributed by atoms with E-state index in [4.69, 9.17) is 0 Å². The lowest BCUT2D eigenvalue weighted by molar-refractivity contribution is 0.589. The highest BCUT2D eigenvalue weighted by Gasteiger charge is 2.22. The molecule has 0 aromatic heterocycles. The first-order chi connectivity index (χ1) is 18.1. The van der Waals surface area contributed by atoms with E-state index in [9.17, 15) is 0 Å². The van der Waals surface area contributed by atoms with Gasteiger partial charge < -0.3 is 0 Å². The average Bonchev–Trinajstić information content (AvgIpc) is 3.41. The maximum Gasteiger partial charge on any atom is -0.0000935 e. The van der Waals surface area contributed by atoms with Crippen LogP contribution >= 0.6 is 0 Å². The van der Waals surface area contributed by atoms with Gasteiger partial charge in [0.15, 0.2) is 0 Å². The molecule has 0 aliphatic heterocycles. The van der Waals surface area contributed by atoms with Crippen molar-refractivity contribution in [3.8, 4) is 0 Å². The van der Waals surface area contributed by atoms with Crippen LogP contribution in [0, 0.1) is 41.7 Å². The molecule has 6 aromatic rings. The Morgan fingerprint density at radius 2 is 0.684 bits per heavy atom. The number of benzene rings is 6. The van der Waals surface area contributed by atoms with Crippen molar-refractivity contribution in [1.29, 1.82) is 0 Å². The molecule has 2 aliphatic carbocycles. The molecule has 0 amide bonds. The van der Waals surface area contributed by atoms with E-state index in [1.807, 2.05) is 0 Å². The first kappa shape index (κ1) is 22.1. The highest BCUT2D eigenvalue weighted by molar-refractivity contribution is 6.08. The third-order valence-corrected chi connectivity index (χ3v) is 9.03. The van der Waals surface area contributed by atoms with Crippen molar-refractivity contribution in [1.82, 2.24) is 0 Å². The van der Waals surface area contributed by atoms with Crippen molar-refractivity contribution < 1.29 is 0 Å². The Labute approximate surface area is 222 Å². The maximum atomic E-state index is 2.48. The van der Waals surface area contributed by atoms with Gasteiger partial charge in [-0.1, -0.05) is 114 Å². The van der Waals surface area contributed by atoms with Gasteiger partial charge in [-0.2, -0.15) is 0 Å². The summed E-state index contributed by atoms with van der Waals surface area (Å²) in [5.74, 6) is 0. The van der Waals surface area contributed by atoms with Crippen LogP contribution in [0.15, 0.2) is 84.9 Å². The second-order valence-corrected chi connectivity index (χ2v) is 13.4. The molecule has 0 atom stereocenters. The molecular weight excluding hydrogens is 456 g/mol. The third-order valence-electron chi connectivity index (χ3n) is 9.03. The van der Waals surface area contributed by atoms with Crippen LogP contribution in [0.1, 0.15) is 52.7 Å². The summed E-state index contributed by atoms with van der Waals surface area (Å²) < 4.78 is 0. The van der Waals surface area contributed by atoms with Crippen LogP contribution in [0.4, 0.5) is 0 Å². The second-order valence-electron chi connectivity index (χ2n) is 13.4.